The number of fused-ring (bicyclic) bond motifs is 1. The minimum atomic E-state index is -3.67. The summed E-state index contributed by atoms with van der Waals surface area (Å²) in [7, 11) is -3.67. The number of nitrogens with zero attached hydrogens (tertiary/aromatic N) is 2. The molecule has 0 aliphatic carbocycles. The van der Waals surface area contributed by atoms with Gasteiger partial charge in [-0.25, -0.2) is 12.4 Å². The van der Waals surface area contributed by atoms with Gasteiger partial charge in [0.1, 0.15) is 0 Å². The van der Waals surface area contributed by atoms with Crippen molar-refractivity contribution in [3.63, 3.8) is 0 Å². The van der Waals surface area contributed by atoms with Gasteiger partial charge in [0, 0.05) is 29.5 Å². The predicted octanol–water partition coefficient (Wildman–Crippen LogP) is 4.75. The average Bonchev–Trinajstić information content (AvgIpc) is 3.07. The molecule has 0 unspecified atom stereocenters. The zero-order chi connectivity index (χ0) is 18.9. The number of pyridine rings is 1. The van der Waals surface area contributed by atoms with Crippen molar-refractivity contribution in [2.24, 2.45) is 0 Å². The molecule has 0 radical (unpaired) electrons. The summed E-state index contributed by atoms with van der Waals surface area (Å²) < 4.78 is 27.7. The van der Waals surface area contributed by atoms with Crippen LogP contribution in [0.3, 0.4) is 0 Å². The Kier molecular flexibility index (Phi) is 4.38. The van der Waals surface area contributed by atoms with Gasteiger partial charge in [-0.05, 0) is 36.8 Å². The van der Waals surface area contributed by atoms with Crippen LogP contribution in [0, 0.1) is 6.92 Å². The summed E-state index contributed by atoms with van der Waals surface area (Å²) in [5.41, 5.74) is 3.47. The van der Waals surface area contributed by atoms with Crippen LogP contribution < -0.4 is 0 Å². The van der Waals surface area contributed by atoms with E-state index >= 15 is 0 Å². The normalized spacial score (nSPS) is 12.0. The molecule has 0 saturated carbocycles. The fourth-order valence-corrected chi connectivity index (χ4v) is 4.37. The maximum Gasteiger partial charge on any atom is 0.268 e. The van der Waals surface area contributed by atoms with Crippen LogP contribution in [0.25, 0.3) is 23.1 Å². The summed E-state index contributed by atoms with van der Waals surface area (Å²) in [5, 5.41) is 0.883. The molecule has 4 rings (SSSR count). The standard InChI is InChI=1S/C22H18N2O2S/c1-17-8-12-20(13-9-17)27(25,26)24-16-19(21-6-2-3-7-22(21)24)11-10-18-5-4-14-23-15-18/h2-16H,1H3. The molecule has 0 amide bonds. The maximum atomic E-state index is 13.2. The minimum absolute atomic E-state index is 0.275. The van der Waals surface area contributed by atoms with Crippen molar-refractivity contribution in [3.8, 4) is 0 Å². The Bertz CT molecular complexity index is 1220. The first-order chi connectivity index (χ1) is 13.1. The lowest BCUT2D eigenvalue weighted by molar-refractivity contribution is 0.589. The van der Waals surface area contributed by atoms with Gasteiger partial charge in [0.2, 0.25) is 0 Å². The molecule has 27 heavy (non-hydrogen) atoms. The molecule has 4 aromatic rings. The lowest BCUT2D eigenvalue weighted by atomic mass is 10.1. The first-order valence-corrected chi connectivity index (χ1v) is 10.0. The first-order valence-electron chi connectivity index (χ1n) is 8.56. The molecule has 0 spiro atoms. The molecule has 0 saturated heterocycles. The first kappa shape index (κ1) is 17.2. The van der Waals surface area contributed by atoms with Crippen molar-refractivity contribution in [1.82, 2.24) is 8.96 Å². The molecule has 2 aromatic heterocycles. The van der Waals surface area contributed by atoms with Gasteiger partial charge in [0.05, 0.1) is 10.4 Å². The predicted molar refractivity (Wildman–Crippen MR) is 109 cm³/mol. The van der Waals surface area contributed by atoms with E-state index in [4.69, 9.17) is 0 Å². The van der Waals surface area contributed by atoms with E-state index in [0.29, 0.717) is 5.52 Å². The van der Waals surface area contributed by atoms with Crippen molar-refractivity contribution in [3.05, 3.63) is 95.9 Å². The highest BCUT2D eigenvalue weighted by Gasteiger charge is 2.20. The molecule has 0 aliphatic heterocycles. The third-order valence-electron chi connectivity index (χ3n) is 4.43. The molecule has 4 nitrogen and oxygen atoms in total. The minimum Gasteiger partial charge on any atom is -0.264 e. The van der Waals surface area contributed by atoms with Crippen molar-refractivity contribution in [2.75, 3.05) is 0 Å². The van der Waals surface area contributed by atoms with Gasteiger partial charge in [0.25, 0.3) is 10.0 Å². The fraction of sp³-hybridized carbons (Fsp3) is 0.0455. The molecular formula is C22H18N2O2S. The van der Waals surface area contributed by atoms with Crippen LogP contribution in [0.4, 0.5) is 0 Å². The molecule has 0 bridgehead atoms. The zero-order valence-electron chi connectivity index (χ0n) is 14.8. The molecule has 0 atom stereocenters. The van der Waals surface area contributed by atoms with Crippen LogP contribution >= 0.6 is 0 Å². The van der Waals surface area contributed by atoms with Gasteiger partial charge in [-0.15, -0.1) is 0 Å². The second-order valence-electron chi connectivity index (χ2n) is 6.34. The summed E-state index contributed by atoms with van der Waals surface area (Å²) >= 11 is 0. The largest absolute Gasteiger partial charge is 0.268 e. The Morgan fingerprint density at radius 3 is 2.44 bits per heavy atom. The van der Waals surface area contributed by atoms with E-state index < -0.39 is 10.0 Å². The lowest BCUT2D eigenvalue weighted by Crippen LogP contribution is -2.11. The van der Waals surface area contributed by atoms with E-state index in [1.54, 1.807) is 30.7 Å². The molecule has 5 heteroatoms. The third kappa shape index (κ3) is 3.29. The highest BCUT2D eigenvalue weighted by molar-refractivity contribution is 7.90. The molecule has 134 valence electrons. The number of hydrogen-bond acceptors (Lipinski definition) is 3. The van der Waals surface area contributed by atoms with Crippen molar-refractivity contribution in [1.29, 1.82) is 0 Å². The molecular weight excluding hydrogens is 356 g/mol. The summed E-state index contributed by atoms with van der Waals surface area (Å²) in [5.74, 6) is 0. The van der Waals surface area contributed by atoms with Crippen molar-refractivity contribution >= 4 is 33.1 Å². The second kappa shape index (κ2) is 6.85. The summed E-state index contributed by atoms with van der Waals surface area (Å²) in [6.07, 6.45) is 9.00. The maximum absolute atomic E-state index is 13.2. The van der Waals surface area contributed by atoms with Gasteiger partial charge < -0.3 is 0 Å². The smallest absolute Gasteiger partial charge is 0.264 e. The Labute approximate surface area is 158 Å². The van der Waals surface area contributed by atoms with Gasteiger partial charge in [0.15, 0.2) is 0 Å². The third-order valence-corrected chi connectivity index (χ3v) is 6.11. The van der Waals surface area contributed by atoms with E-state index in [1.165, 1.54) is 3.97 Å². The van der Waals surface area contributed by atoms with Crippen LogP contribution in [-0.4, -0.2) is 17.4 Å². The van der Waals surface area contributed by atoms with Crippen LogP contribution in [0.2, 0.25) is 0 Å². The number of para-hydroxylation sites is 1. The van der Waals surface area contributed by atoms with E-state index in [9.17, 15) is 8.42 Å². The fourth-order valence-electron chi connectivity index (χ4n) is 2.99. The van der Waals surface area contributed by atoms with Gasteiger partial charge in [-0.1, -0.05) is 54.1 Å². The molecule has 2 aromatic carbocycles. The topological polar surface area (TPSA) is 52.0 Å². The van der Waals surface area contributed by atoms with Crippen LogP contribution in [0.5, 0.6) is 0 Å². The SMILES string of the molecule is Cc1ccc(S(=O)(=O)n2cc(C=Cc3cccnc3)c3ccccc32)cc1. The molecule has 0 aliphatic rings. The summed E-state index contributed by atoms with van der Waals surface area (Å²) in [6.45, 7) is 1.93. The summed E-state index contributed by atoms with van der Waals surface area (Å²) in [6, 6.07) is 18.2. The summed E-state index contributed by atoms with van der Waals surface area (Å²) in [4.78, 5) is 4.37. The Balaban J connectivity index is 1.85. The second-order valence-corrected chi connectivity index (χ2v) is 8.15. The zero-order valence-corrected chi connectivity index (χ0v) is 15.6. The van der Waals surface area contributed by atoms with Gasteiger partial charge >= 0.3 is 0 Å². The molecule has 2 heterocycles. The number of rotatable bonds is 4. The highest BCUT2D eigenvalue weighted by Crippen LogP contribution is 2.27. The van der Waals surface area contributed by atoms with E-state index in [2.05, 4.69) is 4.98 Å². The Morgan fingerprint density at radius 1 is 0.926 bits per heavy atom. The number of aryl methyl sites for hydroxylation is 1. The Morgan fingerprint density at radius 2 is 1.70 bits per heavy atom. The van der Waals surface area contributed by atoms with Gasteiger partial charge in [-0.2, -0.15) is 0 Å². The van der Waals surface area contributed by atoms with E-state index in [-0.39, 0.29) is 4.90 Å². The quantitative estimate of drug-likeness (QED) is 0.518. The number of benzene rings is 2. The van der Waals surface area contributed by atoms with E-state index in [1.807, 2.05) is 67.6 Å². The number of aromatic nitrogens is 2. The van der Waals surface area contributed by atoms with Crippen LogP contribution in [0.1, 0.15) is 16.7 Å². The average molecular weight is 374 g/mol. The van der Waals surface area contributed by atoms with Crippen molar-refractivity contribution in [2.45, 2.75) is 11.8 Å². The molecule has 0 fully saturated rings. The monoisotopic (exact) mass is 374 g/mol. The number of hydrogen-bond donors (Lipinski definition) is 0. The lowest BCUT2D eigenvalue weighted by Gasteiger charge is -2.07. The molecule has 0 N–H and O–H groups in total. The van der Waals surface area contributed by atoms with Crippen LogP contribution in [0.15, 0.2) is 84.1 Å². The van der Waals surface area contributed by atoms with Crippen molar-refractivity contribution < 1.29 is 8.42 Å². The van der Waals surface area contributed by atoms with E-state index in [0.717, 1.165) is 22.1 Å². The highest BCUT2D eigenvalue weighted by atomic mass is 32.2. The van der Waals surface area contributed by atoms with Crippen LogP contribution in [-0.2, 0) is 10.0 Å². The Hall–Kier alpha value is -3.18. The van der Waals surface area contributed by atoms with Gasteiger partial charge in [-0.3, -0.25) is 4.98 Å².